The molecule has 6 heteroatoms. The van der Waals surface area contributed by atoms with Gasteiger partial charge in [-0.1, -0.05) is 29.8 Å². The molecule has 28 heavy (non-hydrogen) atoms. The van der Waals surface area contributed by atoms with Crippen molar-refractivity contribution in [3.63, 3.8) is 0 Å². The number of rotatable bonds is 4. The molecule has 0 bridgehead atoms. The first-order chi connectivity index (χ1) is 13.4. The highest BCUT2D eigenvalue weighted by molar-refractivity contribution is 6.31. The predicted molar refractivity (Wildman–Crippen MR) is 109 cm³/mol. The number of nitrogens with zero attached hydrogens (tertiary/aromatic N) is 3. The number of aromatic nitrogens is 3. The number of fused-ring (bicyclic) bond motifs is 1. The lowest BCUT2D eigenvalue weighted by Crippen LogP contribution is -2.03. The van der Waals surface area contributed by atoms with E-state index < -0.39 is 0 Å². The quantitative estimate of drug-likeness (QED) is 0.444. The number of benzene rings is 2. The summed E-state index contributed by atoms with van der Waals surface area (Å²) in [5.74, 6) is 0.227. The molecule has 4 aromatic rings. The van der Waals surface area contributed by atoms with Gasteiger partial charge >= 0.3 is 0 Å². The third-order valence-corrected chi connectivity index (χ3v) is 5.16. The number of aryl methyl sites for hydroxylation is 2. The molecule has 2 aromatic carbocycles. The maximum Gasteiger partial charge on any atom is 0.215 e. The molecular formula is C22H19ClFN3O. The minimum Gasteiger partial charge on any atom is -0.473 e. The van der Waals surface area contributed by atoms with E-state index >= 15 is 0 Å². The Bertz CT molecular complexity index is 1170. The molecule has 0 saturated carbocycles. The first-order valence-corrected chi connectivity index (χ1v) is 9.31. The average molecular weight is 396 g/mol. The summed E-state index contributed by atoms with van der Waals surface area (Å²) in [6, 6.07) is 13.9. The van der Waals surface area contributed by atoms with Crippen LogP contribution >= 0.6 is 11.6 Å². The zero-order chi connectivity index (χ0) is 19.8. The fourth-order valence-electron chi connectivity index (χ4n) is 3.28. The van der Waals surface area contributed by atoms with Crippen LogP contribution in [0.15, 0.2) is 48.5 Å². The van der Waals surface area contributed by atoms with E-state index in [1.807, 2.05) is 49.7 Å². The van der Waals surface area contributed by atoms with Gasteiger partial charge in [-0.3, -0.25) is 0 Å². The molecule has 0 N–H and O–H groups in total. The minimum absolute atomic E-state index is 0.268. The number of pyridine rings is 1. The van der Waals surface area contributed by atoms with Gasteiger partial charge in [0.05, 0.1) is 11.4 Å². The van der Waals surface area contributed by atoms with Gasteiger partial charge in [-0.05, 0) is 61.7 Å². The van der Waals surface area contributed by atoms with Crippen molar-refractivity contribution in [1.82, 2.24) is 14.8 Å². The van der Waals surface area contributed by atoms with Crippen LogP contribution in [0.5, 0.6) is 5.88 Å². The molecule has 142 valence electrons. The fraction of sp³-hybridized carbons (Fsp3) is 0.182. The summed E-state index contributed by atoms with van der Waals surface area (Å²) in [5, 5.41) is 6.36. The molecule has 4 nitrogen and oxygen atoms in total. The van der Waals surface area contributed by atoms with Crippen LogP contribution in [-0.4, -0.2) is 14.8 Å². The van der Waals surface area contributed by atoms with Crippen LogP contribution in [0.3, 0.4) is 0 Å². The predicted octanol–water partition coefficient (Wildman–Crippen LogP) is 5.72. The normalized spacial score (nSPS) is 11.2. The van der Waals surface area contributed by atoms with E-state index in [2.05, 4.69) is 0 Å². The van der Waals surface area contributed by atoms with Gasteiger partial charge in [0.25, 0.3) is 0 Å². The van der Waals surface area contributed by atoms with Gasteiger partial charge in [0, 0.05) is 16.5 Å². The molecule has 0 saturated heterocycles. The highest BCUT2D eigenvalue weighted by Gasteiger charge is 2.16. The zero-order valence-corrected chi connectivity index (χ0v) is 16.6. The lowest BCUT2D eigenvalue weighted by molar-refractivity contribution is 0.294. The third-order valence-electron chi connectivity index (χ3n) is 4.75. The van der Waals surface area contributed by atoms with Crippen molar-refractivity contribution in [3.8, 4) is 11.6 Å². The van der Waals surface area contributed by atoms with Crippen molar-refractivity contribution < 1.29 is 9.13 Å². The first kappa shape index (κ1) is 18.4. The van der Waals surface area contributed by atoms with Gasteiger partial charge in [0.1, 0.15) is 12.4 Å². The molecule has 0 aliphatic heterocycles. The molecule has 0 aliphatic carbocycles. The van der Waals surface area contributed by atoms with E-state index in [9.17, 15) is 4.39 Å². The van der Waals surface area contributed by atoms with Gasteiger partial charge in [0.15, 0.2) is 5.65 Å². The summed E-state index contributed by atoms with van der Waals surface area (Å²) in [4.78, 5) is 4.70. The molecule has 0 unspecified atom stereocenters. The standard InChI is InChI=1S/C22H19ClFN3O/c1-13-11-20(28-12-16-7-9-17(24)10-8-16)25-22-21(13)15(3)26-27(22)19-6-4-5-18(23)14(19)2/h4-11H,12H2,1-3H3. The van der Waals surface area contributed by atoms with Crippen LogP contribution in [-0.2, 0) is 6.61 Å². The van der Waals surface area contributed by atoms with Gasteiger partial charge in [0.2, 0.25) is 5.88 Å². The molecule has 2 heterocycles. The zero-order valence-electron chi connectivity index (χ0n) is 15.8. The Hall–Kier alpha value is -2.92. The van der Waals surface area contributed by atoms with Crippen molar-refractivity contribution in [2.75, 3.05) is 0 Å². The van der Waals surface area contributed by atoms with Crippen LogP contribution in [0.2, 0.25) is 5.02 Å². The Morgan fingerprint density at radius 3 is 2.57 bits per heavy atom. The van der Waals surface area contributed by atoms with Gasteiger partial charge < -0.3 is 4.74 Å². The molecule has 4 rings (SSSR count). The SMILES string of the molecule is Cc1c(Cl)cccc1-n1nc(C)c2c(C)cc(OCc3ccc(F)cc3)nc21. The smallest absolute Gasteiger partial charge is 0.215 e. The van der Waals surface area contributed by atoms with Crippen molar-refractivity contribution in [2.45, 2.75) is 27.4 Å². The molecule has 0 fully saturated rings. The van der Waals surface area contributed by atoms with Crippen LogP contribution in [0.1, 0.15) is 22.4 Å². The lowest BCUT2D eigenvalue weighted by Gasteiger charge is -2.10. The fourth-order valence-corrected chi connectivity index (χ4v) is 3.45. The summed E-state index contributed by atoms with van der Waals surface area (Å²) >= 11 is 6.30. The van der Waals surface area contributed by atoms with E-state index in [0.717, 1.165) is 39.1 Å². The molecule has 2 aromatic heterocycles. The Morgan fingerprint density at radius 1 is 1.07 bits per heavy atom. The second-order valence-corrected chi connectivity index (χ2v) is 7.18. The first-order valence-electron chi connectivity index (χ1n) is 8.94. The van der Waals surface area contributed by atoms with Crippen molar-refractivity contribution in [3.05, 3.63) is 81.8 Å². The molecule has 0 radical (unpaired) electrons. The maximum absolute atomic E-state index is 13.1. The topological polar surface area (TPSA) is 39.9 Å². The van der Waals surface area contributed by atoms with Gasteiger partial charge in [-0.15, -0.1) is 0 Å². The number of ether oxygens (including phenoxy) is 1. The Morgan fingerprint density at radius 2 is 1.82 bits per heavy atom. The van der Waals surface area contributed by atoms with Crippen molar-refractivity contribution in [1.29, 1.82) is 0 Å². The number of hydrogen-bond acceptors (Lipinski definition) is 3. The van der Waals surface area contributed by atoms with E-state index in [4.69, 9.17) is 26.4 Å². The van der Waals surface area contributed by atoms with Gasteiger partial charge in [-0.25, -0.2) is 9.07 Å². The Kier molecular flexibility index (Phi) is 4.77. The summed E-state index contributed by atoms with van der Waals surface area (Å²) in [5.41, 5.74) is 5.33. The van der Waals surface area contributed by atoms with E-state index in [0.29, 0.717) is 17.5 Å². The third kappa shape index (κ3) is 3.34. The van der Waals surface area contributed by atoms with Crippen LogP contribution < -0.4 is 4.74 Å². The second-order valence-electron chi connectivity index (χ2n) is 6.77. The van der Waals surface area contributed by atoms with Crippen LogP contribution in [0, 0.1) is 26.6 Å². The number of halogens is 2. The number of hydrogen-bond donors (Lipinski definition) is 0. The van der Waals surface area contributed by atoms with E-state index in [1.165, 1.54) is 12.1 Å². The molecule has 0 atom stereocenters. The maximum atomic E-state index is 13.1. The van der Waals surface area contributed by atoms with Crippen LogP contribution in [0.25, 0.3) is 16.7 Å². The largest absolute Gasteiger partial charge is 0.473 e. The van der Waals surface area contributed by atoms with Gasteiger partial charge in [-0.2, -0.15) is 10.1 Å². The Balaban J connectivity index is 1.76. The summed E-state index contributed by atoms with van der Waals surface area (Å²) in [6.45, 7) is 6.24. The molecule has 0 amide bonds. The lowest BCUT2D eigenvalue weighted by atomic mass is 10.1. The minimum atomic E-state index is -0.268. The Labute approximate surface area is 167 Å². The molecular weight excluding hydrogens is 377 g/mol. The van der Waals surface area contributed by atoms with Crippen LogP contribution in [0.4, 0.5) is 4.39 Å². The van der Waals surface area contributed by atoms with E-state index in [1.54, 1.807) is 12.1 Å². The van der Waals surface area contributed by atoms with Crippen molar-refractivity contribution >= 4 is 22.6 Å². The molecule has 0 aliphatic rings. The average Bonchev–Trinajstić information content (AvgIpc) is 3.00. The molecule has 0 spiro atoms. The van der Waals surface area contributed by atoms with E-state index in [-0.39, 0.29) is 5.82 Å². The monoisotopic (exact) mass is 395 g/mol. The second kappa shape index (κ2) is 7.24. The highest BCUT2D eigenvalue weighted by atomic mass is 35.5. The summed E-state index contributed by atoms with van der Waals surface area (Å²) in [6.07, 6.45) is 0. The summed E-state index contributed by atoms with van der Waals surface area (Å²) in [7, 11) is 0. The van der Waals surface area contributed by atoms with Crippen molar-refractivity contribution in [2.24, 2.45) is 0 Å². The summed E-state index contributed by atoms with van der Waals surface area (Å²) < 4.78 is 20.8. The highest BCUT2D eigenvalue weighted by Crippen LogP contribution is 2.29.